The van der Waals surface area contributed by atoms with Crippen molar-refractivity contribution in [2.45, 2.75) is 37.6 Å². The third kappa shape index (κ3) is 5.14. The predicted molar refractivity (Wildman–Crippen MR) is 119 cm³/mol. The van der Waals surface area contributed by atoms with Crippen LogP contribution < -0.4 is 9.62 Å². The number of carbonyl (C=O) groups excluding carboxylic acids is 1. The molecule has 6 nitrogen and oxygen atoms in total. The van der Waals surface area contributed by atoms with Gasteiger partial charge in [0.15, 0.2) is 0 Å². The number of nitrogens with one attached hydrogen (secondary N) is 1. The molecule has 0 saturated carbocycles. The fourth-order valence-electron chi connectivity index (χ4n) is 3.55. The van der Waals surface area contributed by atoms with Crippen LogP contribution in [-0.2, 0) is 14.8 Å². The van der Waals surface area contributed by atoms with Crippen molar-refractivity contribution < 1.29 is 17.9 Å². The normalized spacial score (nSPS) is 16.3. The number of piperidine rings is 1. The van der Waals surface area contributed by atoms with Crippen molar-refractivity contribution in [3.63, 3.8) is 0 Å². The molecule has 1 N–H and O–H groups in total. The fourth-order valence-corrected chi connectivity index (χ4v) is 5.00. The minimum Gasteiger partial charge on any atom is -0.465 e. The highest BCUT2D eigenvalue weighted by Crippen LogP contribution is 2.26. The number of nitrogens with zero attached hydrogens (tertiary/aromatic N) is 1. The lowest BCUT2D eigenvalue weighted by Gasteiger charge is -2.32. The highest BCUT2D eigenvalue weighted by molar-refractivity contribution is 7.89. The predicted octanol–water partition coefficient (Wildman–Crippen LogP) is 4.40. The monoisotopic (exact) mass is 450 g/mol. The van der Waals surface area contributed by atoms with Crippen molar-refractivity contribution >= 4 is 33.3 Å². The number of rotatable bonds is 6. The zero-order chi connectivity index (χ0) is 21.9. The first-order valence-corrected chi connectivity index (χ1v) is 11.8. The molecule has 0 aromatic heterocycles. The third-order valence-electron chi connectivity index (χ3n) is 5.53. The molecule has 0 unspecified atom stereocenters. The van der Waals surface area contributed by atoms with Crippen molar-refractivity contribution in [2.24, 2.45) is 5.92 Å². The second-order valence-electron chi connectivity index (χ2n) is 7.74. The molecule has 2 aromatic carbocycles. The molecule has 1 heterocycles. The molecule has 0 spiro atoms. The Labute approximate surface area is 183 Å². The molecule has 30 heavy (non-hydrogen) atoms. The molecule has 162 valence electrons. The number of methoxy groups -OCH3 is 1. The summed E-state index contributed by atoms with van der Waals surface area (Å²) in [6, 6.07) is 11.5. The summed E-state index contributed by atoms with van der Waals surface area (Å²) < 4.78 is 33.0. The number of benzene rings is 2. The Balaban J connectivity index is 1.73. The van der Waals surface area contributed by atoms with Crippen LogP contribution in [0, 0.1) is 5.92 Å². The molecule has 0 bridgehead atoms. The van der Waals surface area contributed by atoms with Crippen LogP contribution in [0.4, 0.5) is 5.69 Å². The molecule has 1 aliphatic rings. The quantitative estimate of drug-likeness (QED) is 0.660. The van der Waals surface area contributed by atoms with E-state index in [1.165, 1.54) is 38.2 Å². The van der Waals surface area contributed by atoms with Crippen LogP contribution in [-0.4, -0.2) is 34.6 Å². The molecule has 1 saturated heterocycles. The van der Waals surface area contributed by atoms with Crippen LogP contribution in [0.3, 0.4) is 0 Å². The van der Waals surface area contributed by atoms with Crippen LogP contribution in [0.1, 0.15) is 48.7 Å². The standard InChI is InChI=1S/C22H27ClN2O4S/c1-15-10-12-25(13-11-15)18-6-4-17(5-7-18)16(2)24-30(27,28)19-8-9-21(23)20(14-19)22(26)29-3/h4-9,14-16,24H,10-13H2,1-3H3/t16-/m1/s1. The highest BCUT2D eigenvalue weighted by atomic mass is 35.5. The van der Waals surface area contributed by atoms with Gasteiger partial charge in [-0.3, -0.25) is 0 Å². The SMILES string of the molecule is COC(=O)c1cc(S(=O)(=O)N[C@H](C)c2ccc(N3CCC(C)CC3)cc2)ccc1Cl. The Morgan fingerprint density at radius 2 is 1.80 bits per heavy atom. The van der Waals surface area contributed by atoms with E-state index < -0.39 is 22.0 Å². The third-order valence-corrected chi connectivity index (χ3v) is 7.40. The van der Waals surface area contributed by atoms with Gasteiger partial charge in [0.2, 0.25) is 10.0 Å². The Morgan fingerprint density at radius 3 is 2.40 bits per heavy atom. The number of anilines is 1. The van der Waals surface area contributed by atoms with Crippen LogP contribution >= 0.6 is 11.6 Å². The Bertz CT molecular complexity index is 1000. The summed E-state index contributed by atoms with van der Waals surface area (Å²) in [7, 11) is -2.64. The van der Waals surface area contributed by atoms with E-state index in [0.717, 1.165) is 30.3 Å². The zero-order valence-electron chi connectivity index (χ0n) is 17.4. The number of hydrogen-bond donors (Lipinski definition) is 1. The van der Waals surface area contributed by atoms with Gasteiger partial charge in [-0.05, 0) is 61.6 Å². The summed E-state index contributed by atoms with van der Waals surface area (Å²) in [5.41, 5.74) is 2.02. The minimum atomic E-state index is -3.85. The van der Waals surface area contributed by atoms with E-state index in [-0.39, 0.29) is 15.5 Å². The Kier molecular flexibility index (Phi) is 7.06. The van der Waals surface area contributed by atoms with Crippen molar-refractivity contribution in [1.29, 1.82) is 0 Å². The van der Waals surface area contributed by atoms with Gasteiger partial charge in [0.1, 0.15) is 0 Å². The van der Waals surface area contributed by atoms with Gasteiger partial charge in [-0.2, -0.15) is 0 Å². The molecule has 0 aliphatic carbocycles. The average Bonchev–Trinajstić information content (AvgIpc) is 2.73. The van der Waals surface area contributed by atoms with Gasteiger partial charge in [-0.15, -0.1) is 0 Å². The number of esters is 1. The molecule has 0 amide bonds. The lowest BCUT2D eigenvalue weighted by atomic mass is 9.98. The fraction of sp³-hybridized carbons (Fsp3) is 0.409. The molecule has 1 fully saturated rings. The van der Waals surface area contributed by atoms with Gasteiger partial charge in [-0.1, -0.05) is 30.7 Å². The summed E-state index contributed by atoms with van der Waals surface area (Å²) >= 11 is 5.99. The number of hydrogen-bond acceptors (Lipinski definition) is 5. The minimum absolute atomic E-state index is 0.00916. The maximum atomic E-state index is 12.8. The highest BCUT2D eigenvalue weighted by Gasteiger charge is 2.22. The summed E-state index contributed by atoms with van der Waals surface area (Å²) in [4.78, 5) is 14.1. The topological polar surface area (TPSA) is 75.7 Å². The smallest absolute Gasteiger partial charge is 0.339 e. The van der Waals surface area contributed by atoms with E-state index in [1.54, 1.807) is 6.92 Å². The van der Waals surface area contributed by atoms with Crippen LogP contribution in [0.2, 0.25) is 5.02 Å². The molecule has 8 heteroatoms. The van der Waals surface area contributed by atoms with Crippen molar-refractivity contribution in [3.8, 4) is 0 Å². The van der Waals surface area contributed by atoms with Gasteiger partial charge in [0, 0.05) is 24.8 Å². The number of ether oxygens (including phenoxy) is 1. The van der Waals surface area contributed by atoms with E-state index in [2.05, 4.69) is 21.3 Å². The van der Waals surface area contributed by atoms with Gasteiger partial charge >= 0.3 is 5.97 Å². The maximum Gasteiger partial charge on any atom is 0.339 e. The van der Waals surface area contributed by atoms with E-state index in [9.17, 15) is 13.2 Å². The van der Waals surface area contributed by atoms with Crippen molar-refractivity contribution in [2.75, 3.05) is 25.1 Å². The van der Waals surface area contributed by atoms with E-state index >= 15 is 0 Å². The molecular formula is C22H27ClN2O4S. The molecule has 1 aliphatic heterocycles. The molecule has 2 aromatic rings. The number of sulfonamides is 1. The second-order valence-corrected chi connectivity index (χ2v) is 9.86. The average molecular weight is 451 g/mol. The first-order valence-electron chi connectivity index (χ1n) is 9.96. The van der Waals surface area contributed by atoms with Crippen molar-refractivity contribution in [3.05, 3.63) is 58.6 Å². The van der Waals surface area contributed by atoms with Crippen LogP contribution in [0.25, 0.3) is 0 Å². The summed E-state index contributed by atoms with van der Waals surface area (Å²) in [5, 5.41) is 0.136. The number of carbonyl (C=O) groups is 1. The summed E-state index contributed by atoms with van der Waals surface area (Å²) in [6.07, 6.45) is 2.37. The van der Waals surface area contributed by atoms with Gasteiger partial charge < -0.3 is 9.64 Å². The molecule has 0 radical (unpaired) electrons. The first-order chi connectivity index (χ1) is 14.2. The first kappa shape index (κ1) is 22.6. The lowest BCUT2D eigenvalue weighted by molar-refractivity contribution is 0.0600. The Hall–Kier alpha value is -2.09. The largest absolute Gasteiger partial charge is 0.465 e. The van der Waals surface area contributed by atoms with E-state index in [1.807, 2.05) is 24.3 Å². The number of halogens is 1. The van der Waals surface area contributed by atoms with Gasteiger partial charge in [0.25, 0.3) is 0 Å². The Morgan fingerprint density at radius 1 is 1.17 bits per heavy atom. The molecule has 1 atom stereocenters. The zero-order valence-corrected chi connectivity index (χ0v) is 19.0. The van der Waals surface area contributed by atoms with Crippen molar-refractivity contribution in [1.82, 2.24) is 4.72 Å². The lowest BCUT2D eigenvalue weighted by Crippen LogP contribution is -2.32. The maximum absolute atomic E-state index is 12.8. The second kappa shape index (κ2) is 9.37. The van der Waals surface area contributed by atoms with Gasteiger partial charge in [-0.25, -0.2) is 17.9 Å². The van der Waals surface area contributed by atoms with Crippen LogP contribution in [0.15, 0.2) is 47.4 Å². The summed E-state index contributed by atoms with van der Waals surface area (Å²) in [6.45, 7) is 6.15. The van der Waals surface area contributed by atoms with Crippen LogP contribution in [0.5, 0.6) is 0 Å². The summed E-state index contributed by atoms with van der Waals surface area (Å²) in [5.74, 6) is 0.0790. The van der Waals surface area contributed by atoms with Gasteiger partial charge in [0.05, 0.1) is 22.6 Å². The molecule has 3 rings (SSSR count). The molecular weight excluding hydrogens is 424 g/mol. The van der Waals surface area contributed by atoms with E-state index in [0.29, 0.717) is 0 Å². The van der Waals surface area contributed by atoms with E-state index in [4.69, 9.17) is 11.6 Å².